The molecule has 2 heterocycles. The van der Waals surface area contributed by atoms with Crippen LogP contribution in [0.2, 0.25) is 0 Å². The molecule has 0 radical (unpaired) electrons. The minimum atomic E-state index is -4.90. The average molecular weight is 261 g/mol. The van der Waals surface area contributed by atoms with Crippen LogP contribution >= 0.6 is 0 Å². The van der Waals surface area contributed by atoms with Gasteiger partial charge in [0.05, 0.1) is 18.9 Å². The summed E-state index contributed by atoms with van der Waals surface area (Å²) in [7, 11) is 0.990. The molecule has 2 aromatic rings. The summed E-state index contributed by atoms with van der Waals surface area (Å²) in [5, 5.41) is 0. The molecule has 0 atom stereocenters. The Labute approximate surface area is 99.0 Å². The predicted molar refractivity (Wildman–Crippen MR) is 53.5 cm³/mol. The third-order valence-electron chi connectivity index (χ3n) is 2.24. The van der Waals surface area contributed by atoms with E-state index in [4.69, 9.17) is 4.42 Å². The number of hydrogen-bond acceptors (Lipinski definition) is 3. The van der Waals surface area contributed by atoms with Crippen molar-refractivity contribution in [2.75, 3.05) is 7.11 Å². The van der Waals surface area contributed by atoms with Crippen molar-refractivity contribution < 1.29 is 26.7 Å². The van der Waals surface area contributed by atoms with E-state index in [-0.39, 0.29) is 11.3 Å². The molecule has 0 fully saturated rings. The Kier molecular flexibility index (Phi) is 2.98. The SMILES string of the molecule is COc1ncc(-c2ccco2)c(F)c1C(F)(F)F. The highest BCUT2D eigenvalue weighted by molar-refractivity contribution is 5.59. The van der Waals surface area contributed by atoms with E-state index >= 15 is 0 Å². The number of furan rings is 1. The third-order valence-corrected chi connectivity index (χ3v) is 2.24. The lowest BCUT2D eigenvalue weighted by atomic mass is 10.1. The maximum Gasteiger partial charge on any atom is 0.424 e. The van der Waals surface area contributed by atoms with Gasteiger partial charge in [-0.2, -0.15) is 13.2 Å². The number of ether oxygens (including phenoxy) is 1. The Bertz CT molecular complexity index is 549. The Morgan fingerprint density at radius 2 is 2.06 bits per heavy atom. The van der Waals surface area contributed by atoms with E-state index in [1.54, 1.807) is 0 Å². The summed E-state index contributed by atoms with van der Waals surface area (Å²) in [6.07, 6.45) is -2.74. The van der Waals surface area contributed by atoms with Crippen molar-refractivity contribution in [3.63, 3.8) is 0 Å². The molecule has 0 saturated carbocycles. The molecule has 0 aliphatic heterocycles. The zero-order valence-electron chi connectivity index (χ0n) is 9.08. The highest BCUT2D eigenvalue weighted by Crippen LogP contribution is 2.40. The fourth-order valence-corrected chi connectivity index (χ4v) is 1.48. The first-order valence-corrected chi connectivity index (χ1v) is 4.78. The minimum Gasteiger partial charge on any atom is -0.480 e. The molecule has 3 nitrogen and oxygen atoms in total. The van der Waals surface area contributed by atoms with Crippen molar-refractivity contribution in [3.05, 3.63) is 36.0 Å². The molecule has 0 bridgehead atoms. The van der Waals surface area contributed by atoms with Crippen molar-refractivity contribution >= 4 is 0 Å². The molecule has 2 rings (SSSR count). The monoisotopic (exact) mass is 261 g/mol. The van der Waals surface area contributed by atoms with Gasteiger partial charge in [-0.3, -0.25) is 0 Å². The molecule has 18 heavy (non-hydrogen) atoms. The molecule has 0 N–H and O–H groups in total. The molecule has 96 valence electrons. The highest BCUT2D eigenvalue weighted by atomic mass is 19.4. The summed E-state index contributed by atoms with van der Waals surface area (Å²) in [5.41, 5.74) is -1.91. The first kappa shape index (κ1) is 12.4. The zero-order valence-corrected chi connectivity index (χ0v) is 9.08. The van der Waals surface area contributed by atoms with E-state index in [9.17, 15) is 17.6 Å². The maximum absolute atomic E-state index is 13.9. The van der Waals surface area contributed by atoms with Crippen LogP contribution in [-0.2, 0) is 6.18 Å². The Morgan fingerprint density at radius 1 is 1.33 bits per heavy atom. The molecular formula is C11H7F4NO2. The Hall–Kier alpha value is -2.05. The van der Waals surface area contributed by atoms with Gasteiger partial charge in [0.2, 0.25) is 5.88 Å². The van der Waals surface area contributed by atoms with E-state index in [2.05, 4.69) is 9.72 Å². The number of rotatable bonds is 2. The van der Waals surface area contributed by atoms with Crippen LogP contribution in [0, 0.1) is 5.82 Å². The lowest BCUT2D eigenvalue weighted by Gasteiger charge is -2.13. The normalized spacial score (nSPS) is 11.6. The summed E-state index contributed by atoms with van der Waals surface area (Å²) in [4.78, 5) is 3.44. The second kappa shape index (κ2) is 4.32. The lowest BCUT2D eigenvalue weighted by molar-refractivity contribution is -0.141. The lowest BCUT2D eigenvalue weighted by Crippen LogP contribution is -2.12. The van der Waals surface area contributed by atoms with E-state index in [0.29, 0.717) is 0 Å². The molecular weight excluding hydrogens is 254 g/mol. The molecule has 0 saturated heterocycles. The molecule has 0 aliphatic carbocycles. The molecule has 0 unspecified atom stereocenters. The van der Waals surface area contributed by atoms with Gasteiger partial charge in [0.1, 0.15) is 5.76 Å². The van der Waals surface area contributed by atoms with Crippen molar-refractivity contribution in [1.82, 2.24) is 4.98 Å². The van der Waals surface area contributed by atoms with Gasteiger partial charge in [-0.05, 0) is 12.1 Å². The van der Waals surface area contributed by atoms with Crippen molar-refractivity contribution in [3.8, 4) is 17.2 Å². The molecule has 2 aromatic heterocycles. The third kappa shape index (κ3) is 2.03. The van der Waals surface area contributed by atoms with Crippen LogP contribution in [0.1, 0.15) is 5.56 Å². The maximum atomic E-state index is 13.9. The van der Waals surface area contributed by atoms with Crippen LogP contribution in [0.25, 0.3) is 11.3 Å². The second-order valence-corrected chi connectivity index (χ2v) is 3.35. The van der Waals surface area contributed by atoms with Crippen molar-refractivity contribution in [2.24, 2.45) is 0 Å². The van der Waals surface area contributed by atoms with Crippen molar-refractivity contribution in [2.45, 2.75) is 6.18 Å². The van der Waals surface area contributed by atoms with Crippen LogP contribution in [0.4, 0.5) is 17.6 Å². The van der Waals surface area contributed by atoms with E-state index in [1.807, 2.05) is 0 Å². The quantitative estimate of drug-likeness (QED) is 0.776. The van der Waals surface area contributed by atoms with Gasteiger partial charge in [-0.1, -0.05) is 0 Å². The molecule has 0 aromatic carbocycles. The van der Waals surface area contributed by atoms with E-state index in [1.165, 1.54) is 18.4 Å². The number of pyridine rings is 1. The zero-order chi connectivity index (χ0) is 13.3. The van der Waals surface area contributed by atoms with Gasteiger partial charge in [0.25, 0.3) is 0 Å². The van der Waals surface area contributed by atoms with E-state index in [0.717, 1.165) is 13.3 Å². The summed E-state index contributed by atoms with van der Waals surface area (Å²) in [6, 6.07) is 2.78. The van der Waals surface area contributed by atoms with Gasteiger partial charge in [0.15, 0.2) is 11.4 Å². The summed E-state index contributed by atoms with van der Waals surface area (Å²) >= 11 is 0. The average Bonchev–Trinajstić information content (AvgIpc) is 2.80. The fourth-order valence-electron chi connectivity index (χ4n) is 1.48. The number of aromatic nitrogens is 1. The van der Waals surface area contributed by atoms with Crippen LogP contribution in [0.3, 0.4) is 0 Å². The van der Waals surface area contributed by atoms with Crippen LogP contribution < -0.4 is 4.74 Å². The topological polar surface area (TPSA) is 35.3 Å². The van der Waals surface area contributed by atoms with Gasteiger partial charge >= 0.3 is 6.18 Å². The van der Waals surface area contributed by atoms with Crippen molar-refractivity contribution in [1.29, 1.82) is 0 Å². The predicted octanol–water partition coefficient (Wildman–Crippen LogP) is 3.51. The Morgan fingerprint density at radius 3 is 2.56 bits per heavy atom. The minimum absolute atomic E-state index is 0.0341. The largest absolute Gasteiger partial charge is 0.480 e. The number of alkyl halides is 3. The molecule has 0 amide bonds. The summed E-state index contributed by atoms with van der Waals surface area (Å²) in [5.74, 6) is -2.31. The second-order valence-electron chi connectivity index (χ2n) is 3.35. The first-order valence-electron chi connectivity index (χ1n) is 4.78. The summed E-state index contributed by atoms with van der Waals surface area (Å²) < 4.78 is 61.3. The van der Waals surface area contributed by atoms with Gasteiger partial charge in [0, 0.05) is 6.20 Å². The first-order chi connectivity index (χ1) is 8.45. The number of hydrogen-bond donors (Lipinski definition) is 0. The number of nitrogens with zero attached hydrogens (tertiary/aromatic N) is 1. The number of methoxy groups -OCH3 is 1. The number of halogens is 4. The van der Waals surface area contributed by atoms with Gasteiger partial charge in [-0.25, -0.2) is 9.37 Å². The van der Waals surface area contributed by atoms with E-state index < -0.39 is 23.4 Å². The van der Waals surface area contributed by atoms with Crippen LogP contribution in [0.5, 0.6) is 5.88 Å². The van der Waals surface area contributed by atoms with Gasteiger partial charge in [-0.15, -0.1) is 0 Å². The van der Waals surface area contributed by atoms with Crippen LogP contribution in [-0.4, -0.2) is 12.1 Å². The van der Waals surface area contributed by atoms with Gasteiger partial charge < -0.3 is 9.15 Å². The summed E-state index contributed by atoms with van der Waals surface area (Å²) in [6.45, 7) is 0. The smallest absolute Gasteiger partial charge is 0.424 e. The fraction of sp³-hybridized carbons (Fsp3) is 0.182. The highest BCUT2D eigenvalue weighted by Gasteiger charge is 2.40. The molecule has 0 aliphatic rings. The standard InChI is InChI=1S/C11H7F4NO2/c1-17-10-8(11(13,14)15)9(12)6(5-16-10)7-3-2-4-18-7/h2-5H,1H3. The molecule has 7 heteroatoms. The van der Waals surface area contributed by atoms with Crippen LogP contribution in [0.15, 0.2) is 29.0 Å². The Balaban J connectivity index is 2.67. The molecule has 0 spiro atoms.